The molecule has 0 atom stereocenters. The van der Waals surface area contributed by atoms with Gasteiger partial charge in [-0.05, 0) is 34.1 Å². The van der Waals surface area contributed by atoms with Crippen LogP contribution in [-0.4, -0.2) is 21.8 Å². The van der Waals surface area contributed by atoms with E-state index in [0.29, 0.717) is 21.3 Å². The van der Waals surface area contributed by atoms with Crippen LogP contribution < -0.4 is 5.73 Å². The van der Waals surface area contributed by atoms with Gasteiger partial charge in [0.15, 0.2) is 0 Å². The first kappa shape index (κ1) is 17.2. The zero-order valence-corrected chi connectivity index (χ0v) is 15.2. The second kappa shape index (κ2) is 7.54. The lowest BCUT2D eigenvalue weighted by Crippen LogP contribution is -2.10. The highest BCUT2D eigenvalue weighted by molar-refractivity contribution is 9.10. The van der Waals surface area contributed by atoms with Crippen molar-refractivity contribution in [2.75, 3.05) is 0 Å². The molecule has 2 aromatic heterocycles. The van der Waals surface area contributed by atoms with Gasteiger partial charge in [0.2, 0.25) is 5.91 Å². The number of halogens is 1. The molecular weight excluding hydrogens is 406 g/mol. The van der Waals surface area contributed by atoms with Crippen molar-refractivity contribution >= 4 is 39.1 Å². The van der Waals surface area contributed by atoms with Gasteiger partial charge in [-0.2, -0.15) is 0 Å². The minimum absolute atomic E-state index is 0.0707. The molecule has 2 heterocycles. The Balaban J connectivity index is 1.65. The Morgan fingerprint density at radius 1 is 1.16 bits per heavy atom. The molecule has 0 aliphatic carbocycles. The van der Waals surface area contributed by atoms with Gasteiger partial charge in [-0.3, -0.25) is 9.78 Å². The lowest BCUT2D eigenvalue weighted by molar-refractivity contribution is 0.0468. The molecule has 0 spiro atoms. The highest BCUT2D eigenvalue weighted by Crippen LogP contribution is 2.24. The first-order chi connectivity index (χ1) is 12.0. The largest absolute Gasteiger partial charge is 0.456 e. The molecule has 0 aliphatic rings. The quantitative estimate of drug-likeness (QED) is 0.641. The molecule has 1 amide bonds. The van der Waals surface area contributed by atoms with Gasteiger partial charge < -0.3 is 10.5 Å². The molecule has 25 heavy (non-hydrogen) atoms. The second-order valence-electron chi connectivity index (χ2n) is 5.05. The Hall–Kier alpha value is -2.58. The van der Waals surface area contributed by atoms with Crippen LogP contribution in [0.25, 0.3) is 10.6 Å². The maximum atomic E-state index is 12.0. The molecule has 3 aromatic rings. The normalized spacial score (nSPS) is 10.4. The molecule has 0 radical (unpaired) electrons. The van der Waals surface area contributed by atoms with Crippen LogP contribution in [-0.2, 0) is 11.3 Å². The predicted molar refractivity (Wildman–Crippen MR) is 97.1 cm³/mol. The summed E-state index contributed by atoms with van der Waals surface area (Å²) in [6.07, 6.45) is 3.03. The molecule has 0 aliphatic heterocycles. The number of rotatable bonds is 5. The zero-order chi connectivity index (χ0) is 17.8. The summed E-state index contributed by atoms with van der Waals surface area (Å²) < 4.78 is 5.96. The van der Waals surface area contributed by atoms with Gasteiger partial charge >= 0.3 is 5.97 Å². The van der Waals surface area contributed by atoms with Gasteiger partial charge in [-0.25, -0.2) is 9.78 Å². The molecule has 0 unspecified atom stereocenters. The number of hydrogen-bond donors (Lipinski definition) is 1. The number of pyridine rings is 1. The summed E-state index contributed by atoms with van der Waals surface area (Å²) in [5.41, 5.74) is 7.55. The number of nitrogens with two attached hydrogens (primary N) is 1. The van der Waals surface area contributed by atoms with E-state index in [1.165, 1.54) is 17.5 Å². The Labute approximate surface area is 155 Å². The van der Waals surface area contributed by atoms with Crippen molar-refractivity contribution < 1.29 is 14.3 Å². The van der Waals surface area contributed by atoms with E-state index in [2.05, 4.69) is 25.9 Å². The Morgan fingerprint density at radius 2 is 1.92 bits per heavy atom. The van der Waals surface area contributed by atoms with Crippen molar-refractivity contribution in [2.24, 2.45) is 5.73 Å². The molecule has 6 nitrogen and oxygen atoms in total. The van der Waals surface area contributed by atoms with E-state index >= 15 is 0 Å². The SMILES string of the molecule is NC(=O)c1ccc(-c2nc(COC(=O)c3cncc(Br)c3)cs2)cc1. The Kier molecular flexibility index (Phi) is 5.20. The molecule has 0 saturated carbocycles. The van der Waals surface area contributed by atoms with Gasteiger partial charge in [-0.15, -0.1) is 11.3 Å². The van der Waals surface area contributed by atoms with Gasteiger partial charge in [-0.1, -0.05) is 12.1 Å². The number of carbonyl (C=O) groups is 2. The number of hydrogen-bond acceptors (Lipinski definition) is 6. The summed E-state index contributed by atoms with van der Waals surface area (Å²) in [6, 6.07) is 8.50. The van der Waals surface area contributed by atoms with Crippen LogP contribution in [0.5, 0.6) is 0 Å². The van der Waals surface area contributed by atoms with Crippen LogP contribution >= 0.6 is 27.3 Å². The number of ether oxygens (including phenoxy) is 1. The van der Waals surface area contributed by atoms with Crippen LogP contribution in [0.15, 0.2) is 52.6 Å². The van der Waals surface area contributed by atoms with Gasteiger partial charge in [0.05, 0.1) is 11.3 Å². The minimum atomic E-state index is -0.472. The number of thiazole rings is 1. The summed E-state index contributed by atoms with van der Waals surface area (Å²) in [4.78, 5) is 31.5. The smallest absolute Gasteiger partial charge is 0.340 e. The number of esters is 1. The van der Waals surface area contributed by atoms with E-state index in [0.717, 1.165) is 10.6 Å². The maximum Gasteiger partial charge on any atom is 0.340 e. The monoisotopic (exact) mass is 417 g/mol. The summed E-state index contributed by atoms with van der Waals surface area (Å²) >= 11 is 4.69. The first-order valence-corrected chi connectivity index (χ1v) is 8.82. The fourth-order valence-corrected chi connectivity index (χ4v) is 3.20. The lowest BCUT2D eigenvalue weighted by atomic mass is 10.1. The van der Waals surface area contributed by atoms with Crippen molar-refractivity contribution in [1.29, 1.82) is 0 Å². The third-order valence-electron chi connectivity index (χ3n) is 3.26. The topological polar surface area (TPSA) is 95.2 Å². The van der Waals surface area contributed by atoms with Crippen LogP contribution in [0.2, 0.25) is 0 Å². The van der Waals surface area contributed by atoms with Crippen molar-refractivity contribution in [3.8, 4) is 10.6 Å². The van der Waals surface area contributed by atoms with E-state index < -0.39 is 11.9 Å². The molecule has 0 fully saturated rings. The molecule has 8 heteroatoms. The van der Waals surface area contributed by atoms with Crippen LogP contribution in [0.3, 0.4) is 0 Å². The highest BCUT2D eigenvalue weighted by atomic mass is 79.9. The van der Waals surface area contributed by atoms with Crippen LogP contribution in [0, 0.1) is 0 Å². The fraction of sp³-hybridized carbons (Fsp3) is 0.0588. The molecule has 126 valence electrons. The zero-order valence-electron chi connectivity index (χ0n) is 12.8. The number of aromatic nitrogens is 2. The van der Waals surface area contributed by atoms with Crippen molar-refractivity contribution in [2.45, 2.75) is 6.61 Å². The Morgan fingerprint density at radius 3 is 2.60 bits per heavy atom. The first-order valence-electron chi connectivity index (χ1n) is 7.15. The maximum absolute atomic E-state index is 12.0. The lowest BCUT2D eigenvalue weighted by Gasteiger charge is -2.03. The Bertz CT molecular complexity index is 925. The van der Waals surface area contributed by atoms with E-state index in [4.69, 9.17) is 10.5 Å². The number of primary amides is 1. The molecule has 3 rings (SSSR count). The standard InChI is InChI=1S/C17H12BrN3O3S/c18-13-5-12(6-20-7-13)17(23)24-8-14-9-25-16(21-14)11-3-1-10(2-4-11)15(19)22/h1-7,9H,8H2,(H2,19,22). The number of nitrogens with zero attached hydrogens (tertiary/aromatic N) is 2. The van der Waals surface area contributed by atoms with Crippen LogP contribution in [0.1, 0.15) is 26.4 Å². The molecule has 0 saturated heterocycles. The van der Waals surface area contributed by atoms with E-state index in [9.17, 15) is 9.59 Å². The van der Waals surface area contributed by atoms with E-state index in [1.807, 2.05) is 5.38 Å². The van der Waals surface area contributed by atoms with Gasteiger partial charge in [0.1, 0.15) is 11.6 Å². The highest BCUT2D eigenvalue weighted by Gasteiger charge is 2.11. The molecular formula is C17H12BrN3O3S. The number of benzene rings is 1. The van der Waals surface area contributed by atoms with Crippen molar-refractivity contribution in [3.05, 3.63) is 69.4 Å². The summed E-state index contributed by atoms with van der Waals surface area (Å²) in [5, 5.41) is 2.59. The fourth-order valence-electron chi connectivity index (χ4n) is 2.03. The summed E-state index contributed by atoms with van der Waals surface area (Å²) in [7, 11) is 0. The average molecular weight is 418 g/mol. The van der Waals surface area contributed by atoms with E-state index in [-0.39, 0.29) is 6.61 Å². The number of amides is 1. The van der Waals surface area contributed by atoms with Crippen molar-refractivity contribution in [1.82, 2.24) is 9.97 Å². The third kappa shape index (κ3) is 4.28. The summed E-state index contributed by atoms with van der Waals surface area (Å²) in [6.45, 7) is 0.0707. The second-order valence-corrected chi connectivity index (χ2v) is 6.83. The average Bonchev–Trinajstić information content (AvgIpc) is 3.08. The molecule has 2 N–H and O–H groups in total. The molecule has 0 bridgehead atoms. The van der Waals surface area contributed by atoms with E-state index in [1.54, 1.807) is 36.5 Å². The summed E-state index contributed by atoms with van der Waals surface area (Å²) in [5.74, 6) is -0.936. The number of carbonyl (C=O) groups excluding carboxylic acids is 2. The van der Waals surface area contributed by atoms with Crippen LogP contribution in [0.4, 0.5) is 0 Å². The predicted octanol–water partition coefficient (Wildman–Crippen LogP) is 3.42. The van der Waals surface area contributed by atoms with Gasteiger partial charge in [0.25, 0.3) is 0 Å². The third-order valence-corrected chi connectivity index (χ3v) is 4.63. The van der Waals surface area contributed by atoms with Crippen molar-refractivity contribution in [3.63, 3.8) is 0 Å². The minimum Gasteiger partial charge on any atom is -0.456 e. The molecule has 1 aromatic carbocycles. The van der Waals surface area contributed by atoms with Gasteiger partial charge in [0, 0.05) is 33.4 Å².